The molecule has 0 spiro atoms. The molecule has 0 aromatic heterocycles. The standard InChI is InChI=1S/C14H20N4O3/c1-10-12(3-2-4-13(10)18(20)21)16-11-5-7-17(8-6-11)9-14(15)19/h2-4,11,16H,5-9H2,1H3,(H2,15,19). The van der Waals surface area contributed by atoms with Crippen LogP contribution in [0.3, 0.4) is 0 Å². The van der Waals surface area contributed by atoms with Gasteiger partial charge in [-0.1, -0.05) is 6.07 Å². The molecule has 0 bridgehead atoms. The van der Waals surface area contributed by atoms with Gasteiger partial charge in [-0.15, -0.1) is 0 Å². The lowest BCUT2D eigenvalue weighted by Crippen LogP contribution is -2.43. The number of hydrogen-bond donors (Lipinski definition) is 2. The molecule has 1 aliphatic heterocycles. The minimum Gasteiger partial charge on any atom is -0.382 e. The highest BCUT2D eigenvalue weighted by atomic mass is 16.6. The molecule has 114 valence electrons. The van der Waals surface area contributed by atoms with Crippen LogP contribution in [0.2, 0.25) is 0 Å². The Morgan fingerprint density at radius 3 is 2.71 bits per heavy atom. The van der Waals surface area contributed by atoms with Crippen LogP contribution in [0, 0.1) is 17.0 Å². The van der Waals surface area contributed by atoms with Crippen molar-refractivity contribution in [2.24, 2.45) is 5.73 Å². The van der Waals surface area contributed by atoms with E-state index >= 15 is 0 Å². The highest BCUT2D eigenvalue weighted by molar-refractivity contribution is 5.75. The van der Waals surface area contributed by atoms with Crippen molar-refractivity contribution in [3.05, 3.63) is 33.9 Å². The monoisotopic (exact) mass is 292 g/mol. The molecule has 0 unspecified atom stereocenters. The summed E-state index contributed by atoms with van der Waals surface area (Å²) in [6.07, 6.45) is 1.77. The zero-order valence-electron chi connectivity index (χ0n) is 12.0. The minimum absolute atomic E-state index is 0.131. The van der Waals surface area contributed by atoms with Gasteiger partial charge in [0.2, 0.25) is 5.91 Å². The maximum absolute atomic E-state index is 10.9. The fraction of sp³-hybridized carbons (Fsp3) is 0.500. The first-order valence-corrected chi connectivity index (χ1v) is 6.98. The van der Waals surface area contributed by atoms with Gasteiger partial charge in [0, 0.05) is 36.4 Å². The van der Waals surface area contributed by atoms with Crippen molar-refractivity contribution in [2.45, 2.75) is 25.8 Å². The third-order valence-electron chi connectivity index (χ3n) is 3.83. The molecule has 7 heteroatoms. The van der Waals surface area contributed by atoms with Crippen molar-refractivity contribution in [1.29, 1.82) is 0 Å². The number of nitrogens with zero attached hydrogens (tertiary/aromatic N) is 2. The first-order valence-electron chi connectivity index (χ1n) is 6.98. The second-order valence-electron chi connectivity index (χ2n) is 5.37. The van der Waals surface area contributed by atoms with E-state index in [2.05, 4.69) is 5.32 Å². The van der Waals surface area contributed by atoms with Gasteiger partial charge in [-0.25, -0.2) is 0 Å². The van der Waals surface area contributed by atoms with Crippen LogP contribution in [0.5, 0.6) is 0 Å². The molecule has 1 saturated heterocycles. The number of anilines is 1. The number of hydrogen-bond acceptors (Lipinski definition) is 5. The van der Waals surface area contributed by atoms with E-state index in [1.807, 2.05) is 11.0 Å². The second-order valence-corrected chi connectivity index (χ2v) is 5.37. The molecule has 1 aliphatic rings. The lowest BCUT2D eigenvalue weighted by atomic mass is 10.0. The summed E-state index contributed by atoms with van der Waals surface area (Å²) in [4.78, 5) is 23.5. The lowest BCUT2D eigenvalue weighted by Gasteiger charge is -2.32. The Morgan fingerprint density at radius 2 is 2.14 bits per heavy atom. The summed E-state index contributed by atoms with van der Waals surface area (Å²) in [5.74, 6) is -0.309. The molecular weight excluding hydrogens is 272 g/mol. The Kier molecular flexibility index (Phi) is 4.74. The molecule has 1 aromatic rings. The highest BCUT2D eigenvalue weighted by Gasteiger charge is 2.21. The van der Waals surface area contributed by atoms with Gasteiger partial charge in [-0.3, -0.25) is 19.8 Å². The Bertz CT molecular complexity index is 539. The van der Waals surface area contributed by atoms with E-state index in [9.17, 15) is 14.9 Å². The Balaban J connectivity index is 1.96. The summed E-state index contributed by atoms with van der Waals surface area (Å²) >= 11 is 0. The third-order valence-corrected chi connectivity index (χ3v) is 3.83. The predicted octanol–water partition coefficient (Wildman–Crippen LogP) is 1.26. The number of carbonyl (C=O) groups is 1. The average molecular weight is 292 g/mol. The van der Waals surface area contributed by atoms with E-state index in [1.54, 1.807) is 13.0 Å². The van der Waals surface area contributed by atoms with Crippen molar-refractivity contribution in [3.63, 3.8) is 0 Å². The largest absolute Gasteiger partial charge is 0.382 e. The van der Waals surface area contributed by atoms with Crippen LogP contribution in [-0.4, -0.2) is 41.4 Å². The smallest absolute Gasteiger partial charge is 0.274 e. The number of nitro groups is 1. The normalized spacial score (nSPS) is 16.6. The predicted molar refractivity (Wildman–Crippen MR) is 80.1 cm³/mol. The molecule has 7 nitrogen and oxygen atoms in total. The quantitative estimate of drug-likeness (QED) is 0.628. The molecule has 1 fully saturated rings. The van der Waals surface area contributed by atoms with Crippen LogP contribution in [0.4, 0.5) is 11.4 Å². The minimum atomic E-state index is -0.365. The van der Waals surface area contributed by atoms with Gasteiger partial charge in [0.15, 0.2) is 0 Å². The van der Waals surface area contributed by atoms with Gasteiger partial charge in [-0.05, 0) is 25.8 Å². The fourth-order valence-corrected chi connectivity index (χ4v) is 2.65. The van der Waals surface area contributed by atoms with E-state index in [0.29, 0.717) is 12.1 Å². The van der Waals surface area contributed by atoms with Crippen molar-refractivity contribution in [2.75, 3.05) is 25.0 Å². The number of carbonyl (C=O) groups excluding carboxylic acids is 1. The summed E-state index contributed by atoms with van der Waals surface area (Å²) in [7, 11) is 0. The number of benzene rings is 1. The average Bonchev–Trinajstić information content (AvgIpc) is 2.42. The first kappa shape index (κ1) is 15.2. The number of amides is 1. The third kappa shape index (κ3) is 3.91. The summed E-state index contributed by atoms with van der Waals surface area (Å²) in [6, 6.07) is 5.32. The molecule has 2 rings (SSSR count). The Hall–Kier alpha value is -2.15. The van der Waals surface area contributed by atoms with Gasteiger partial charge in [0.05, 0.1) is 11.5 Å². The van der Waals surface area contributed by atoms with Crippen LogP contribution in [0.25, 0.3) is 0 Å². The number of nitrogens with one attached hydrogen (secondary N) is 1. The maximum Gasteiger partial charge on any atom is 0.274 e. The van der Waals surface area contributed by atoms with E-state index in [0.717, 1.165) is 31.6 Å². The van der Waals surface area contributed by atoms with Gasteiger partial charge in [-0.2, -0.15) is 0 Å². The molecular formula is C14H20N4O3. The zero-order chi connectivity index (χ0) is 15.4. The molecule has 0 saturated carbocycles. The van der Waals surface area contributed by atoms with Crippen LogP contribution in [0.15, 0.2) is 18.2 Å². The van der Waals surface area contributed by atoms with Crippen LogP contribution in [-0.2, 0) is 4.79 Å². The number of likely N-dealkylation sites (tertiary alicyclic amines) is 1. The topological polar surface area (TPSA) is 102 Å². The van der Waals surface area contributed by atoms with Gasteiger partial charge >= 0.3 is 0 Å². The van der Waals surface area contributed by atoms with Gasteiger partial charge < -0.3 is 11.1 Å². The summed E-state index contributed by atoms with van der Waals surface area (Å²) in [5.41, 5.74) is 6.77. The Labute approximate surface area is 123 Å². The number of primary amides is 1. The molecule has 0 atom stereocenters. The molecule has 0 aliphatic carbocycles. The van der Waals surface area contributed by atoms with Gasteiger partial charge in [0.1, 0.15) is 0 Å². The number of nitro benzene ring substituents is 1. The van der Waals surface area contributed by atoms with E-state index < -0.39 is 0 Å². The molecule has 1 amide bonds. The molecule has 0 radical (unpaired) electrons. The summed E-state index contributed by atoms with van der Waals surface area (Å²) < 4.78 is 0. The van der Waals surface area contributed by atoms with E-state index in [4.69, 9.17) is 5.73 Å². The van der Waals surface area contributed by atoms with Crippen LogP contribution in [0.1, 0.15) is 18.4 Å². The van der Waals surface area contributed by atoms with Crippen LogP contribution < -0.4 is 11.1 Å². The lowest BCUT2D eigenvalue weighted by molar-refractivity contribution is -0.385. The number of nitrogens with two attached hydrogens (primary N) is 1. The summed E-state index contributed by atoms with van der Waals surface area (Å²) in [5, 5.41) is 14.3. The second kappa shape index (κ2) is 6.53. The molecule has 3 N–H and O–H groups in total. The molecule has 1 heterocycles. The van der Waals surface area contributed by atoms with Crippen molar-refractivity contribution < 1.29 is 9.72 Å². The molecule has 1 aromatic carbocycles. The fourth-order valence-electron chi connectivity index (χ4n) is 2.65. The Morgan fingerprint density at radius 1 is 1.48 bits per heavy atom. The molecule has 21 heavy (non-hydrogen) atoms. The number of piperidine rings is 1. The highest BCUT2D eigenvalue weighted by Crippen LogP contribution is 2.27. The van der Waals surface area contributed by atoms with E-state index in [-0.39, 0.29) is 22.6 Å². The SMILES string of the molecule is Cc1c(NC2CCN(CC(N)=O)CC2)cccc1[N+](=O)[O-]. The van der Waals surface area contributed by atoms with Gasteiger partial charge in [0.25, 0.3) is 5.69 Å². The van der Waals surface area contributed by atoms with Crippen LogP contribution >= 0.6 is 0 Å². The van der Waals surface area contributed by atoms with Crippen molar-refractivity contribution in [3.8, 4) is 0 Å². The van der Waals surface area contributed by atoms with E-state index in [1.165, 1.54) is 6.07 Å². The summed E-state index contributed by atoms with van der Waals surface area (Å²) in [6.45, 7) is 3.65. The van der Waals surface area contributed by atoms with Crippen molar-refractivity contribution >= 4 is 17.3 Å². The van der Waals surface area contributed by atoms with Crippen molar-refractivity contribution in [1.82, 2.24) is 4.90 Å². The number of rotatable bonds is 5. The zero-order valence-corrected chi connectivity index (χ0v) is 12.0. The maximum atomic E-state index is 10.9. The first-order chi connectivity index (χ1) is 9.97.